The van der Waals surface area contributed by atoms with Gasteiger partial charge < -0.3 is 20.5 Å². The van der Waals surface area contributed by atoms with Gasteiger partial charge in [-0.05, 0) is 39.0 Å². The van der Waals surface area contributed by atoms with Gasteiger partial charge in [-0.1, -0.05) is 6.92 Å². The van der Waals surface area contributed by atoms with Crippen LogP contribution in [0, 0.1) is 5.92 Å². The lowest BCUT2D eigenvalue weighted by Crippen LogP contribution is -2.49. The number of ether oxygens (including phenoxy) is 1. The summed E-state index contributed by atoms with van der Waals surface area (Å²) >= 11 is 0. The molecule has 3 N–H and O–H groups in total. The number of amides is 2. The van der Waals surface area contributed by atoms with Crippen LogP contribution in [0.15, 0.2) is 0 Å². The quantitative estimate of drug-likeness (QED) is 0.694. The molecular weight excluding hydrogens is 260 g/mol. The van der Waals surface area contributed by atoms with Crippen LogP contribution in [0.25, 0.3) is 0 Å². The Hall–Kier alpha value is -1.30. The van der Waals surface area contributed by atoms with Crippen molar-refractivity contribution in [3.8, 4) is 0 Å². The van der Waals surface area contributed by atoms with Crippen LogP contribution in [0.5, 0.6) is 0 Å². The number of carboxylic acids is 1. The first kappa shape index (κ1) is 16.8. The van der Waals surface area contributed by atoms with Crippen molar-refractivity contribution in [1.29, 1.82) is 0 Å². The number of hydrogen-bond donors (Lipinski definition) is 3. The van der Waals surface area contributed by atoms with E-state index in [9.17, 15) is 9.59 Å². The number of carboxylic acid groups (broad SMARTS) is 1. The van der Waals surface area contributed by atoms with Gasteiger partial charge in [0.2, 0.25) is 0 Å². The summed E-state index contributed by atoms with van der Waals surface area (Å²) in [7, 11) is 0. The van der Waals surface area contributed by atoms with Gasteiger partial charge in [-0.3, -0.25) is 4.79 Å². The van der Waals surface area contributed by atoms with Gasteiger partial charge in [0.1, 0.15) is 0 Å². The van der Waals surface area contributed by atoms with Crippen molar-refractivity contribution < 1.29 is 19.4 Å². The molecule has 1 aliphatic heterocycles. The molecule has 1 saturated heterocycles. The molecule has 0 aromatic heterocycles. The monoisotopic (exact) mass is 286 g/mol. The van der Waals surface area contributed by atoms with Crippen LogP contribution in [-0.4, -0.2) is 41.9 Å². The summed E-state index contributed by atoms with van der Waals surface area (Å²) in [5.74, 6) is -0.645. The van der Waals surface area contributed by atoms with E-state index in [4.69, 9.17) is 9.84 Å². The largest absolute Gasteiger partial charge is 0.481 e. The average Bonchev–Trinajstić information content (AvgIpc) is 2.32. The van der Waals surface area contributed by atoms with E-state index >= 15 is 0 Å². The van der Waals surface area contributed by atoms with Crippen LogP contribution < -0.4 is 10.6 Å². The smallest absolute Gasteiger partial charge is 0.315 e. The Morgan fingerprint density at radius 3 is 2.75 bits per heavy atom. The molecule has 2 amide bonds. The van der Waals surface area contributed by atoms with E-state index in [0.717, 1.165) is 12.8 Å². The van der Waals surface area contributed by atoms with Crippen molar-refractivity contribution in [1.82, 2.24) is 10.6 Å². The second kappa shape index (κ2) is 7.47. The average molecular weight is 286 g/mol. The number of aliphatic carboxylic acids is 1. The second-order valence-electron chi connectivity index (χ2n) is 6.19. The summed E-state index contributed by atoms with van der Waals surface area (Å²) in [4.78, 5) is 22.2. The first-order valence-electron chi connectivity index (χ1n) is 7.18. The minimum Gasteiger partial charge on any atom is -0.481 e. The number of hydrogen-bond acceptors (Lipinski definition) is 3. The lowest BCUT2D eigenvalue weighted by Gasteiger charge is -2.35. The van der Waals surface area contributed by atoms with Crippen LogP contribution in [0.2, 0.25) is 0 Å². The molecule has 116 valence electrons. The van der Waals surface area contributed by atoms with Gasteiger partial charge in [0.15, 0.2) is 0 Å². The van der Waals surface area contributed by atoms with E-state index in [-0.39, 0.29) is 30.0 Å². The van der Waals surface area contributed by atoms with E-state index in [2.05, 4.69) is 10.6 Å². The minimum atomic E-state index is -0.800. The predicted molar refractivity (Wildman–Crippen MR) is 75.6 cm³/mol. The minimum absolute atomic E-state index is 0.132. The third-order valence-corrected chi connectivity index (χ3v) is 3.49. The highest BCUT2D eigenvalue weighted by Crippen LogP contribution is 2.23. The van der Waals surface area contributed by atoms with Gasteiger partial charge in [-0.25, -0.2) is 4.79 Å². The zero-order valence-corrected chi connectivity index (χ0v) is 12.6. The Labute approximate surface area is 120 Å². The van der Waals surface area contributed by atoms with Crippen molar-refractivity contribution in [2.24, 2.45) is 5.92 Å². The number of urea groups is 1. The zero-order valence-electron chi connectivity index (χ0n) is 12.6. The third-order valence-electron chi connectivity index (χ3n) is 3.49. The van der Waals surface area contributed by atoms with Gasteiger partial charge in [-0.2, -0.15) is 0 Å². The second-order valence-corrected chi connectivity index (χ2v) is 6.19. The molecule has 0 spiro atoms. The van der Waals surface area contributed by atoms with Gasteiger partial charge in [0.05, 0.1) is 5.60 Å². The zero-order chi connectivity index (χ0) is 15.2. The van der Waals surface area contributed by atoms with Crippen LogP contribution in [0.4, 0.5) is 4.79 Å². The maximum atomic E-state index is 11.8. The van der Waals surface area contributed by atoms with E-state index in [1.807, 2.05) is 20.8 Å². The molecular formula is C14H26N2O4. The molecule has 20 heavy (non-hydrogen) atoms. The topological polar surface area (TPSA) is 87.7 Å². The molecule has 1 heterocycles. The molecule has 1 aliphatic rings. The fourth-order valence-electron chi connectivity index (χ4n) is 2.33. The van der Waals surface area contributed by atoms with E-state index < -0.39 is 5.97 Å². The van der Waals surface area contributed by atoms with Crippen LogP contribution >= 0.6 is 0 Å². The number of carbonyl (C=O) groups excluding carboxylic acids is 1. The fourth-order valence-corrected chi connectivity index (χ4v) is 2.33. The van der Waals surface area contributed by atoms with Gasteiger partial charge in [0.25, 0.3) is 0 Å². The summed E-state index contributed by atoms with van der Waals surface area (Å²) in [6, 6.07) is -0.0528. The van der Waals surface area contributed by atoms with Crippen LogP contribution in [0.3, 0.4) is 0 Å². The maximum Gasteiger partial charge on any atom is 0.315 e. The standard InChI is InChI=1S/C14H26N2O4/c1-10(4-5-12(17)18)9-15-13(19)16-11-6-7-20-14(2,3)8-11/h10-11H,4-9H2,1-3H3,(H,17,18)(H2,15,16,19). The lowest BCUT2D eigenvalue weighted by molar-refractivity contribution is -0.137. The number of carbonyl (C=O) groups is 2. The molecule has 1 fully saturated rings. The highest BCUT2D eigenvalue weighted by Gasteiger charge is 2.29. The van der Waals surface area contributed by atoms with Gasteiger partial charge in [0, 0.05) is 25.6 Å². The van der Waals surface area contributed by atoms with E-state index in [1.54, 1.807) is 0 Å². The summed E-state index contributed by atoms with van der Waals surface area (Å²) in [5, 5.41) is 14.3. The number of rotatable bonds is 6. The van der Waals surface area contributed by atoms with Crippen LogP contribution in [0.1, 0.15) is 46.5 Å². The van der Waals surface area contributed by atoms with E-state index in [1.165, 1.54) is 0 Å². The summed E-state index contributed by atoms with van der Waals surface area (Å²) in [6.45, 7) is 7.12. The van der Waals surface area contributed by atoms with Gasteiger partial charge in [-0.15, -0.1) is 0 Å². The van der Waals surface area contributed by atoms with Crippen molar-refractivity contribution in [3.63, 3.8) is 0 Å². The summed E-state index contributed by atoms with van der Waals surface area (Å²) in [5.41, 5.74) is -0.190. The maximum absolute atomic E-state index is 11.8. The first-order chi connectivity index (χ1) is 9.28. The molecule has 6 nitrogen and oxygen atoms in total. The van der Waals surface area contributed by atoms with Crippen molar-refractivity contribution in [2.45, 2.75) is 58.1 Å². The molecule has 2 atom stereocenters. The van der Waals surface area contributed by atoms with Crippen LogP contribution in [-0.2, 0) is 9.53 Å². The van der Waals surface area contributed by atoms with Crippen molar-refractivity contribution in [2.75, 3.05) is 13.2 Å². The first-order valence-corrected chi connectivity index (χ1v) is 7.18. The third kappa shape index (κ3) is 6.75. The SMILES string of the molecule is CC(CCC(=O)O)CNC(=O)NC1CCOC(C)(C)C1. The highest BCUT2D eigenvalue weighted by atomic mass is 16.5. The highest BCUT2D eigenvalue weighted by molar-refractivity contribution is 5.74. The molecule has 1 rings (SSSR count). The molecule has 0 radical (unpaired) electrons. The predicted octanol–water partition coefficient (Wildman–Crippen LogP) is 1.74. The summed E-state index contributed by atoms with van der Waals surface area (Å²) in [6.07, 6.45) is 2.33. The Morgan fingerprint density at radius 2 is 2.15 bits per heavy atom. The molecule has 6 heteroatoms. The Morgan fingerprint density at radius 1 is 1.45 bits per heavy atom. The van der Waals surface area contributed by atoms with Crippen molar-refractivity contribution in [3.05, 3.63) is 0 Å². The number of nitrogens with one attached hydrogen (secondary N) is 2. The Kier molecular flexibility index (Phi) is 6.26. The normalized spacial score (nSPS) is 22.9. The Bertz CT molecular complexity index is 344. The summed E-state index contributed by atoms with van der Waals surface area (Å²) < 4.78 is 5.60. The lowest BCUT2D eigenvalue weighted by atomic mass is 9.94. The van der Waals surface area contributed by atoms with Crippen molar-refractivity contribution >= 4 is 12.0 Å². The molecule has 0 saturated carbocycles. The molecule has 0 aromatic rings. The fraction of sp³-hybridized carbons (Fsp3) is 0.857. The molecule has 2 unspecified atom stereocenters. The Balaban J connectivity index is 2.21. The molecule has 0 bridgehead atoms. The van der Waals surface area contributed by atoms with Gasteiger partial charge >= 0.3 is 12.0 Å². The molecule has 0 aliphatic carbocycles. The van der Waals surface area contributed by atoms with E-state index in [0.29, 0.717) is 19.6 Å². The molecule has 0 aromatic carbocycles.